The summed E-state index contributed by atoms with van der Waals surface area (Å²) in [5.41, 5.74) is 1.07. The molecule has 5 heteroatoms. The highest BCUT2D eigenvalue weighted by molar-refractivity contribution is 5.35. The van der Waals surface area contributed by atoms with Crippen LogP contribution in [-0.2, 0) is 0 Å². The number of benzene rings is 1. The van der Waals surface area contributed by atoms with E-state index in [4.69, 9.17) is 5.26 Å². The zero-order chi connectivity index (χ0) is 14.3. The van der Waals surface area contributed by atoms with Gasteiger partial charge in [-0.25, -0.2) is 0 Å². The van der Waals surface area contributed by atoms with Gasteiger partial charge in [0.25, 0.3) is 5.69 Å². The Morgan fingerprint density at radius 3 is 2.84 bits per heavy atom. The first kappa shape index (κ1) is 15.1. The maximum Gasteiger partial charge on any atom is 0.269 e. The molecule has 102 valence electrons. The molecule has 1 aromatic rings. The van der Waals surface area contributed by atoms with Crippen LogP contribution in [0.15, 0.2) is 24.3 Å². The van der Waals surface area contributed by atoms with E-state index in [0.717, 1.165) is 24.9 Å². The molecule has 0 saturated carbocycles. The van der Waals surface area contributed by atoms with Gasteiger partial charge >= 0.3 is 0 Å². The molecular formula is C14H19N3O2. The average Bonchev–Trinajstić information content (AvgIpc) is 2.42. The molecular weight excluding hydrogens is 242 g/mol. The minimum Gasteiger partial charge on any atom is -0.300 e. The molecule has 0 spiro atoms. The second-order valence-electron chi connectivity index (χ2n) is 4.62. The standard InChI is InChI=1S/C14H19N3O2/c1-12(16(2)10-5-3-4-9-15)13-7-6-8-14(11-13)17(18)19/h6-8,11-12H,3-5,10H2,1-2H3. The molecule has 0 aliphatic heterocycles. The van der Waals surface area contributed by atoms with Crippen LogP contribution in [0.1, 0.15) is 37.8 Å². The zero-order valence-electron chi connectivity index (χ0n) is 11.4. The highest BCUT2D eigenvalue weighted by Crippen LogP contribution is 2.23. The quantitative estimate of drug-likeness (QED) is 0.429. The second kappa shape index (κ2) is 7.49. The molecule has 0 amide bonds. The topological polar surface area (TPSA) is 70.2 Å². The fraction of sp³-hybridized carbons (Fsp3) is 0.500. The number of hydrogen-bond donors (Lipinski definition) is 0. The highest BCUT2D eigenvalue weighted by Gasteiger charge is 2.14. The average molecular weight is 261 g/mol. The third-order valence-corrected chi connectivity index (χ3v) is 3.27. The van der Waals surface area contributed by atoms with Crippen molar-refractivity contribution in [3.8, 4) is 6.07 Å². The van der Waals surface area contributed by atoms with Crippen LogP contribution in [0.3, 0.4) is 0 Å². The van der Waals surface area contributed by atoms with Crippen LogP contribution >= 0.6 is 0 Å². The van der Waals surface area contributed by atoms with E-state index < -0.39 is 0 Å². The van der Waals surface area contributed by atoms with E-state index in [1.807, 2.05) is 20.0 Å². The summed E-state index contributed by atoms with van der Waals surface area (Å²) in [5.74, 6) is 0. The van der Waals surface area contributed by atoms with Gasteiger partial charge in [0.05, 0.1) is 11.0 Å². The second-order valence-corrected chi connectivity index (χ2v) is 4.62. The Bertz CT molecular complexity index is 468. The number of hydrogen-bond acceptors (Lipinski definition) is 4. The number of unbranched alkanes of at least 4 members (excludes halogenated alkanes) is 2. The van der Waals surface area contributed by atoms with Crippen LogP contribution in [0.5, 0.6) is 0 Å². The van der Waals surface area contributed by atoms with Gasteiger partial charge in [-0.3, -0.25) is 15.0 Å². The minimum absolute atomic E-state index is 0.127. The van der Waals surface area contributed by atoms with Crippen molar-refractivity contribution in [2.45, 2.75) is 32.2 Å². The van der Waals surface area contributed by atoms with Gasteiger partial charge in [-0.1, -0.05) is 12.1 Å². The largest absolute Gasteiger partial charge is 0.300 e. The van der Waals surface area contributed by atoms with Crippen LogP contribution in [0, 0.1) is 21.4 Å². The Kier molecular flexibility index (Phi) is 5.97. The van der Waals surface area contributed by atoms with Gasteiger partial charge in [0.15, 0.2) is 0 Å². The van der Waals surface area contributed by atoms with E-state index in [1.54, 1.807) is 12.1 Å². The molecule has 0 aromatic heterocycles. The number of nitro benzene ring substituents is 1. The summed E-state index contributed by atoms with van der Waals surface area (Å²) in [4.78, 5) is 12.5. The third-order valence-electron chi connectivity index (χ3n) is 3.27. The number of nitrogens with zero attached hydrogens (tertiary/aromatic N) is 3. The van der Waals surface area contributed by atoms with Crippen molar-refractivity contribution >= 4 is 5.69 Å². The third kappa shape index (κ3) is 4.68. The van der Waals surface area contributed by atoms with E-state index in [9.17, 15) is 10.1 Å². The Hall–Kier alpha value is -1.93. The Morgan fingerprint density at radius 2 is 2.21 bits per heavy atom. The van der Waals surface area contributed by atoms with E-state index in [1.165, 1.54) is 6.07 Å². The van der Waals surface area contributed by atoms with Crippen molar-refractivity contribution in [3.05, 3.63) is 39.9 Å². The highest BCUT2D eigenvalue weighted by atomic mass is 16.6. The molecule has 0 heterocycles. The molecule has 19 heavy (non-hydrogen) atoms. The number of nitro groups is 1. The lowest BCUT2D eigenvalue weighted by atomic mass is 10.1. The van der Waals surface area contributed by atoms with Crippen molar-refractivity contribution in [1.29, 1.82) is 5.26 Å². The summed E-state index contributed by atoms with van der Waals surface area (Å²) in [6.45, 7) is 2.91. The summed E-state index contributed by atoms with van der Waals surface area (Å²) in [7, 11) is 2.00. The maximum absolute atomic E-state index is 10.8. The smallest absolute Gasteiger partial charge is 0.269 e. The minimum atomic E-state index is -0.372. The van der Waals surface area contributed by atoms with Gasteiger partial charge in [0, 0.05) is 24.6 Å². The molecule has 0 N–H and O–H groups in total. The fourth-order valence-electron chi connectivity index (χ4n) is 1.91. The molecule has 0 aliphatic rings. The van der Waals surface area contributed by atoms with Gasteiger partial charge in [-0.15, -0.1) is 0 Å². The molecule has 0 fully saturated rings. The van der Waals surface area contributed by atoms with Crippen LogP contribution < -0.4 is 0 Å². The monoisotopic (exact) mass is 261 g/mol. The number of rotatable bonds is 7. The molecule has 0 saturated heterocycles. The van der Waals surface area contributed by atoms with Gasteiger partial charge in [-0.2, -0.15) is 5.26 Å². The first-order valence-electron chi connectivity index (χ1n) is 6.37. The van der Waals surface area contributed by atoms with E-state index in [0.29, 0.717) is 6.42 Å². The summed E-state index contributed by atoms with van der Waals surface area (Å²) < 4.78 is 0. The van der Waals surface area contributed by atoms with Gasteiger partial charge in [0.2, 0.25) is 0 Å². The predicted octanol–water partition coefficient (Wildman–Crippen LogP) is 3.28. The van der Waals surface area contributed by atoms with Gasteiger partial charge in [0.1, 0.15) is 0 Å². The molecule has 1 rings (SSSR count). The van der Waals surface area contributed by atoms with Crippen molar-refractivity contribution < 1.29 is 4.92 Å². The van der Waals surface area contributed by atoms with E-state index >= 15 is 0 Å². The Balaban J connectivity index is 2.61. The SMILES string of the molecule is CC(c1cccc([N+](=O)[O-])c1)N(C)CCCCC#N. The van der Waals surface area contributed by atoms with Crippen LogP contribution in [0.25, 0.3) is 0 Å². The summed E-state index contributed by atoms with van der Waals surface area (Å²) in [6, 6.07) is 9.00. The lowest BCUT2D eigenvalue weighted by Crippen LogP contribution is -2.23. The van der Waals surface area contributed by atoms with E-state index in [2.05, 4.69) is 11.0 Å². The predicted molar refractivity (Wildman–Crippen MR) is 73.6 cm³/mol. The molecule has 1 aromatic carbocycles. The molecule has 0 aliphatic carbocycles. The molecule has 0 bridgehead atoms. The molecule has 1 atom stereocenters. The number of non-ortho nitro benzene ring substituents is 1. The van der Waals surface area contributed by atoms with Crippen LogP contribution in [0.2, 0.25) is 0 Å². The molecule has 0 radical (unpaired) electrons. The summed E-state index contributed by atoms with van der Waals surface area (Å²) in [6.07, 6.45) is 2.44. The summed E-state index contributed by atoms with van der Waals surface area (Å²) >= 11 is 0. The normalized spacial score (nSPS) is 12.1. The van der Waals surface area contributed by atoms with Gasteiger partial charge in [-0.05, 0) is 38.9 Å². The maximum atomic E-state index is 10.8. The summed E-state index contributed by atoms with van der Waals surface area (Å²) in [5, 5.41) is 19.2. The molecule has 1 unspecified atom stereocenters. The lowest BCUT2D eigenvalue weighted by Gasteiger charge is -2.24. The van der Waals surface area contributed by atoms with Crippen LogP contribution in [0.4, 0.5) is 5.69 Å². The Morgan fingerprint density at radius 1 is 1.47 bits per heavy atom. The lowest BCUT2D eigenvalue weighted by molar-refractivity contribution is -0.384. The molecule has 5 nitrogen and oxygen atoms in total. The first-order chi connectivity index (χ1) is 9.06. The Labute approximate surface area is 113 Å². The fourth-order valence-corrected chi connectivity index (χ4v) is 1.91. The first-order valence-corrected chi connectivity index (χ1v) is 6.37. The van der Waals surface area contributed by atoms with Crippen LogP contribution in [-0.4, -0.2) is 23.4 Å². The zero-order valence-corrected chi connectivity index (χ0v) is 11.4. The van der Waals surface area contributed by atoms with Crippen molar-refractivity contribution in [2.24, 2.45) is 0 Å². The van der Waals surface area contributed by atoms with Crippen molar-refractivity contribution in [2.75, 3.05) is 13.6 Å². The van der Waals surface area contributed by atoms with Crippen molar-refractivity contribution in [1.82, 2.24) is 4.90 Å². The van der Waals surface area contributed by atoms with Crippen molar-refractivity contribution in [3.63, 3.8) is 0 Å². The van der Waals surface area contributed by atoms with Gasteiger partial charge < -0.3 is 0 Å². The number of nitriles is 1. The van der Waals surface area contributed by atoms with E-state index in [-0.39, 0.29) is 16.7 Å².